The maximum absolute atomic E-state index is 14.0. The normalized spacial score (nSPS) is 10.9. The molecule has 0 aromatic carbocycles. The van der Waals surface area contributed by atoms with Crippen LogP contribution in [0, 0.1) is 11.8 Å². The zero-order valence-corrected chi connectivity index (χ0v) is 13.9. The third-order valence-corrected chi connectivity index (χ3v) is 4.09. The molecule has 25 heavy (non-hydrogen) atoms. The van der Waals surface area contributed by atoms with Crippen molar-refractivity contribution in [2.45, 2.75) is 6.92 Å². The van der Waals surface area contributed by atoms with Gasteiger partial charge in [0.05, 0.1) is 13.7 Å². The van der Waals surface area contributed by atoms with E-state index >= 15 is 0 Å². The number of halogens is 2. The molecule has 0 saturated heterocycles. The molecular formula is C15H11F2N3O4S. The molecule has 0 saturated carbocycles. The van der Waals surface area contributed by atoms with E-state index in [1.165, 1.54) is 10.8 Å². The number of hydrogen-bond acceptors (Lipinski definition) is 7. The van der Waals surface area contributed by atoms with Crippen LogP contribution < -0.4 is 10.2 Å². The molecule has 0 aliphatic heterocycles. The van der Waals surface area contributed by atoms with Crippen LogP contribution in [0.4, 0.5) is 8.78 Å². The van der Waals surface area contributed by atoms with Crippen molar-refractivity contribution < 1.29 is 23.0 Å². The third kappa shape index (κ3) is 2.74. The van der Waals surface area contributed by atoms with E-state index in [0.717, 1.165) is 24.6 Å². The van der Waals surface area contributed by atoms with Gasteiger partial charge in [0, 0.05) is 17.8 Å². The van der Waals surface area contributed by atoms with Gasteiger partial charge in [-0.2, -0.15) is 13.8 Å². The number of fused-ring (bicyclic) bond motifs is 1. The number of carbonyl (C=O) groups excluding carboxylic acids is 1. The van der Waals surface area contributed by atoms with Crippen molar-refractivity contribution in [1.29, 1.82) is 0 Å². The number of methoxy groups -OCH3 is 1. The molecule has 0 N–H and O–H groups in total. The van der Waals surface area contributed by atoms with Gasteiger partial charge < -0.3 is 9.47 Å². The van der Waals surface area contributed by atoms with Crippen LogP contribution >= 0.6 is 11.3 Å². The number of aromatic nitrogens is 3. The van der Waals surface area contributed by atoms with Crippen molar-refractivity contribution in [3.63, 3.8) is 0 Å². The second-order valence-corrected chi connectivity index (χ2v) is 5.60. The summed E-state index contributed by atoms with van der Waals surface area (Å²) in [7, 11) is 1.08. The Morgan fingerprint density at radius 2 is 2.16 bits per heavy atom. The van der Waals surface area contributed by atoms with Crippen LogP contribution in [0.2, 0.25) is 0 Å². The summed E-state index contributed by atoms with van der Waals surface area (Å²) in [6.45, 7) is 1.62. The molecule has 3 aromatic heterocycles. The molecular weight excluding hydrogens is 356 g/mol. The Morgan fingerprint density at radius 1 is 1.40 bits per heavy atom. The van der Waals surface area contributed by atoms with Crippen LogP contribution in [0.3, 0.4) is 0 Å². The molecule has 0 unspecified atom stereocenters. The molecule has 0 atom stereocenters. The summed E-state index contributed by atoms with van der Waals surface area (Å²) in [6.07, 6.45) is 2.62. The largest absolute Gasteiger partial charge is 0.493 e. The lowest BCUT2D eigenvalue weighted by atomic mass is 10.1. The topological polar surface area (TPSA) is 83.3 Å². The zero-order chi connectivity index (χ0) is 18.1. The number of thiazole rings is 1. The molecule has 0 bridgehead atoms. The van der Waals surface area contributed by atoms with Crippen molar-refractivity contribution in [1.82, 2.24) is 14.5 Å². The number of nitrogens with zero attached hydrogens (tertiary/aromatic N) is 3. The Kier molecular flexibility index (Phi) is 4.45. The minimum Gasteiger partial charge on any atom is -0.493 e. The Labute approximate surface area is 143 Å². The minimum atomic E-state index is -1.43. The quantitative estimate of drug-likeness (QED) is 0.520. The van der Waals surface area contributed by atoms with Crippen molar-refractivity contribution in [2.24, 2.45) is 0 Å². The number of esters is 1. The molecule has 0 radical (unpaired) electrons. The highest BCUT2D eigenvalue weighted by molar-refractivity contribution is 7.12. The van der Waals surface area contributed by atoms with E-state index in [0.29, 0.717) is 5.13 Å². The molecule has 0 aliphatic rings. The van der Waals surface area contributed by atoms with E-state index in [2.05, 4.69) is 9.97 Å². The van der Waals surface area contributed by atoms with Gasteiger partial charge in [-0.05, 0) is 6.92 Å². The van der Waals surface area contributed by atoms with E-state index in [4.69, 9.17) is 9.47 Å². The van der Waals surface area contributed by atoms with Crippen LogP contribution in [0.15, 0.2) is 22.6 Å². The maximum Gasteiger partial charge on any atom is 0.343 e. The van der Waals surface area contributed by atoms with E-state index in [1.807, 2.05) is 0 Å². The van der Waals surface area contributed by atoms with Gasteiger partial charge in [-0.25, -0.2) is 9.78 Å². The van der Waals surface area contributed by atoms with Crippen LogP contribution in [0.1, 0.15) is 17.3 Å². The average molecular weight is 367 g/mol. The molecule has 3 aromatic rings. The molecule has 7 nitrogen and oxygen atoms in total. The van der Waals surface area contributed by atoms with E-state index in [1.54, 1.807) is 12.3 Å². The molecule has 3 rings (SSSR count). The van der Waals surface area contributed by atoms with E-state index in [9.17, 15) is 18.4 Å². The summed E-state index contributed by atoms with van der Waals surface area (Å²) in [6, 6.07) is 0. The molecule has 0 amide bonds. The highest BCUT2D eigenvalue weighted by atomic mass is 32.1. The average Bonchev–Trinajstić information content (AvgIpc) is 3.11. The van der Waals surface area contributed by atoms with Crippen LogP contribution in [0.5, 0.6) is 5.75 Å². The first-order chi connectivity index (χ1) is 12.0. The molecule has 3 heterocycles. The van der Waals surface area contributed by atoms with Crippen LogP contribution in [-0.4, -0.2) is 34.2 Å². The SMILES string of the molecule is CCOC(=O)c1cn(-c2nccs2)c2nc(F)c(F)c(OC)c2c1=O. The lowest BCUT2D eigenvalue weighted by Crippen LogP contribution is -2.22. The first kappa shape index (κ1) is 17.0. The van der Waals surface area contributed by atoms with Gasteiger partial charge in [0.2, 0.25) is 11.2 Å². The number of carbonyl (C=O) groups is 1. The number of rotatable bonds is 4. The summed E-state index contributed by atoms with van der Waals surface area (Å²) in [5.74, 6) is -4.38. The fourth-order valence-electron chi connectivity index (χ4n) is 2.29. The number of ether oxygens (including phenoxy) is 2. The Morgan fingerprint density at radius 3 is 2.76 bits per heavy atom. The van der Waals surface area contributed by atoms with Crippen molar-refractivity contribution in [3.8, 4) is 10.9 Å². The van der Waals surface area contributed by atoms with Gasteiger partial charge in [-0.3, -0.25) is 9.36 Å². The predicted molar refractivity (Wildman–Crippen MR) is 85.4 cm³/mol. The summed E-state index contributed by atoms with van der Waals surface area (Å²) < 4.78 is 38.8. The van der Waals surface area contributed by atoms with Gasteiger partial charge >= 0.3 is 5.97 Å². The van der Waals surface area contributed by atoms with Gasteiger partial charge in [0.25, 0.3) is 5.95 Å². The van der Waals surface area contributed by atoms with E-state index in [-0.39, 0.29) is 23.2 Å². The zero-order valence-electron chi connectivity index (χ0n) is 13.1. The summed E-state index contributed by atoms with van der Waals surface area (Å²) in [4.78, 5) is 32.3. The van der Waals surface area contributed by atoms with Crippen molar-refractivity contribution >= 4 is 28.3 Å². The first-order valence-electron chi connectivity index (χ1n) is 7.04. The van der Waals surface area contributed by atoms with Gasteiger partial charge in [0.1, 0.15) is 10.9 Å². The molecule has 130 valence electrons. The monoisotopic (exact) mass is 367 g/mol. The Hall–Kier alpha value is -2.88. The van der Waals surface area contributed by atoms with Crippen molar-refractivity contribution in [2.75, 3.05) is 13.7 Å². The molecule has 10 heteroatoms. The summed E-state index contributed by atoms with van der Waals surface area (Å²) >= 11 is 1.15. The first-order valence-corrected chi connectivity index (χ1v) is 7.92. The van der Waals surface area contributed by atoms with Gasteiger partial charge in [0.15, 0.2) is 16.5 Å². The Bertz CT molecular complexity index is 1020. The van der Waals surface area contributed by atoms with Gasteiger partial charge in [-0.15, -0.1) is 11.3 Å². The fraction of sp³-hybridized carbons (Fsp3) is 0.200. The molecule has 0 fully saturated rings. The summed E-state index contributed by atoms with van der Waals surface area (Å²) in [5, 5.41) is 1.57. The highest BCUT2D eigenvalue weighted by Crippen LogP contribution is 2.28. The minimum absolute atomic E-state index is 0.0424. The van der Waals surface area contributed by atoms with Crippen LogP contribution in [0.25, 0.3) is 16.2 Å². The fourth-order valence-corrected chi connectivity index (χ4v) is 2.91. The lowest BCUT2D eigenvalue weighted by Gasteiger charge is -2.13. The number of pyridine rings is 2. The van der Waals surface area contributed by atoms with Crippen LogP contribution in [-0.2, 0) is 4.74 Å². The van der Waals surface area contributed by atoms with Crippen molar-refractivity contribution in [3.05, 3.63) is 45.3 Å². The Balaban J connectivity index is 2.49. The third-order valence-electron chi connectivity index (χ3n) is 3.32. The predicted octanol–water partition coefficient (Wildman–Crippen LogP) is 2.31. The molecule has 0 spiro atoms. The van der Waals surface area contributed by atoms with Gasteiger partial charge in [-0.1, -0.05) is 0 Å². The van der Waals surface area contributed by atoms with E-state index < -0.39 is 28.9 Å². The second-order valence-electron chi connectivity index (χ2n) is 4.73. The summed E-state index contributed by atoms with van der Waals surface area (Å²) in [5.41, 5.74) is -1.45. The maximum atomic E-state index is 14.0. The lowest BCUT2D eigenvalue weighted by molar-refractivity contribution is 0.0524. The second kappa shape index (κ2) is 6.55. The smallest absolute Gasteiger partial charge is 0.343 e. The number of hydrogen-bond donors (Lipinski definition) is 0. The standard InChI is InChI=1S/C15H11F2N3O4S/c1-3-24-14(22)7-6-20(15-18-4-5-25-15)13-8(10(7)21)11(23-2)9(16)12(17)19-13/h4-6H,3H2,1-2H3. The molecule has 0 aliphatic carbocycles. The highest BCUT2D eigenvalue weighted by Gasteiger charge is 2.25.